The van der Waals surface area contributed by atoms with Crippen LogP contribution in [0.4, 0.5) is 0 Å². The van der Waals surface area contributed by atoms with Crippen LogP contribution in [0.25, 0.3) is 0 Å². The van der Waals surface area contributed by atoms with Crippen molar-refractivity contribution in [2.24, 2.45) is 5.92 Å². The van der Waals surface area contributed by atoms with Crippen LogP contribution < -0.4 is 5.32 Å². The minimum atomic E-state index is 0.799. The summed E-state index contributed by atoms with van der Waals surface area (Å²) in [6.45, 7) is 4.25. The second-order valence-corrected chi connectivity index (χ2v) is 3.14. The third-order valence-electron chi connectivity index (χ3n) is 2.22. The second-order valence-electron chi connectivity index (χ2n) is 3.14. The molecule has 1 aliphatic rings. The van der Waals surface area contributed by atoms with E-state index in [1.54, 1.807) is 0 Å². The quantitative estimate of drug-likeness (QED) is 0.679. The molecule has 0 unspecified atom stereocenters. The molecular weight excluding hydrogens is 140 g/mol. The van der Waals surface area contributed by atoms with Gasteiger partial charge in [0.05, 0.1) is 6.20 Å². The first kappa shape index (κ1) is 6.85. The summed E-state index contributed by atoms with van der Waals surface area (Å²) >= 11 is 0. The second kappa shape index (κ2) is 2.66. The number of hydrogen-bond donors (Lipinski definition) is 1. The summed E-state index contributed by atoms with van der Waals surface area (Å²) in [4.78, 5) is 0. The molecule has 0 bridgehead atoms. The molecule has 1 fully saturated rings. The fraction of sp³-hybridized carbons (Fsp3) is 0.625. The third kappa shape index (κ3) is 1.28. The maximum atomic E-state index is 4.96. The smallest absolute Gasteiger partial charge is 0.136 e. The molecule has 2 rings (SSSR count). The molecule has 0 radical (unpaired) electrons. The van der Waals surface area contributed by atoms with Gasteiger partial charge in [0.1, 0.15) is 5.76 Å². The number of nitrogens with one attached hydrogen (secondary N) is 1. The van der Waals surface area contributed by atoms with E-state index in [1.165, 1.54) is 5.56 Å². The highest BCUT2D eigenvalue weighted by Crippen LogP contribution is 2.14. The molecule has 1 N–H and O–H groups in total. The third-order valence-corrected chi connectivity index (χ3v) is 2.22. The molecule has 2 heterocycles. The van der Waals surface area contributed by atoms with Crippen LogP contribution in [0.3, 0.4) is 0 Å². The Hall–Kier alpha value is -0.830. The van der Waals surface area contributed by atoms with Crippen molar-refractivity contribution >= 4 is 0 Å². The Morgan fingerprint density at radius 1 is 1.73 bits per heavy atom. The van der Waals surface area contributed by atoms with Crippen LogP contribution in [0.1, 0.15) is 11.3 Å². The Morgan fingerprint density at radius 3 is 3.00 bits per heavy atom. The van der Waals surface area contributed by atoms with Gasteiger partial charge >= 0.3 is 0 Å². The van der Waals surface area contributed by atoms with Crippen molar-refractivity contribution in [2.45, 2.75) is 13.3 Å². The molecule has 11 heavy (non-hydrogen) atoms. The molecule has 1 aliphatic heterocycles. The number of nitrogens with zero attached hydrogens (tertiary/aromatic N) is 1. The highest BCUT2D eigenvalue weighted by Gasteiger charge is 2.18. The molecule has 60 valence electrons. The van der Waals surface area contributed by atoms with E-state index in [9.17, 15) is 0 Å². The lowest BCUT2D eigenvalue weighted by Gasteiger charge is -2.26. The van der Waals surface area contributed by atoms with Gasteiger partial charge < -0.3 is 9.84 Å². The molecule has 0 atom stereocenters. The zero-order chi connectivity index (χ0) is 7.68. The minimum Gasteiger partial charge on any atom is -0.361 e. The number of rotatable bonds is 2. The Kier molecular flexibility index (Phi) is 1.66. The van der Waals surface area contributed by atoms with Crippen molar-refractivity contribution in [3.8, 4) is 0 Å². The van der Waals surface area contributed by atoms with Gasteiger partial charge in [-0.05, 0) is 32.4 Å². The standard InChI is InChI=1S/C8H12N2O/c1-6-8(5-10-11-6)2-7-3-9-4-7/h5,7,9H,2-4H2,1H3. The largest absolute Gasteiger partial charge is 0.361 e. The first-order valence-corrected chi connectivity index (χ1v) is 3.97. The first-order valence-electron chi connectivity index (χ1n) is 3.97. The Labute approximate surface area is 65.8 Å². The lowest BCUT2D eigenvalue weighted by Crippen LogP contribution is -2.43. The van der Waals surface area contributed by atoms with E-state index in [1.807, 2.05) is 13.1 Å². The maximum Gasteiger partial charge on any atom is 0.136 e. The van der Waals surface area contributed by atoms with Crippen molar-refractivity contribution in [3.63, 3.8) is 0 Å². The summed E-state index contributed by atoms with van der Waals surface area (Å²) in [7, 11) is 0. The van der Waals surface area contributed by atoms with Gasteiger partial charge in [0.15, 0.2) is 0 Å². The molecule has 0 aliphatic carbocycles. The van der Waals surface area contributed by atoms with Crippen molar-refractivity contribution in [2.75, 3.05) is 13.1 Å². The van der Waals surface area contributed by atoms with Crippen molar-refractivity contribution in [1.82, 2.24) is 10.5 Å². The van der Waals surface area contributed by atoms with Crippen LogP contribution in [-0.4, -0.2) is 18.2 Å². The zero-order valence-electron chi connectivity index (χ0n) is 6.63. The molecule has 0 spiro atoms. The molecular formula is C8H12N2O. The summed E-state index contributed by atoms with van der Waals surface area (Å²) in [6.07, 6.45) is 2.94. The van der Waals surface area contributed by atoms with Crippen LogP contribution >= 0.6 is 0 Å². The van der Waals surface area contributed by atoms with Gasteiger partial charge in [-0.3, -0.25) is 0 Å². The fourth-order valence-electron chi connectivity index (χ4n) is 1.32. The highest BCUT2D eigenvalue weighted by molar-refractivity contribution is 5.13. The lowest BCUT2D eigenvalue weighted by atomic mass is 9.95. The summed E-state index contributed by atoms with van der Waals surface area (Å²) in [5.74, 6) is 1.77. The van der Waals surface area contributed by atoms with Crippen LogP contribution in [-0.2, 0) is 6.42 Å². The van der Waals surface area contributed by atoms with E-state index in [0.717, 1.165) is 31.2 Å². The van der Waals surface area contributed by atoms with Crippen molar-refractivity contribution < 1.29 is 4.52 Å². The summed E-state index contributed by atoms with van der Waals surface area (Å²) in [6, 6.07) is 0. The molecule has 3 nitrogen and oxygen atoms in total. The molecule has 1 aromatic rings. The topological polar surface area (TPSA) is 38.1 Å². The highest BCUT2D eigenvalue weighted by atomic mass is 16.5. The molecule has 0 saturated carbocycles. The van der Waals surface area contributed by atoms with E-state index in [0.29, 0.717) is 0 Å². The minimum absolute atomic E-state index is 0.799. The summed E-state index contributed by atoms with van der Waals surface area (Å²) in [5, 5.41) is 6.98. The predicted octanol–water partition coefficient (Wildman–Crippen LogP) is 0.745. The van der Waals surface area contributed by atoms with Gasteiger partial charge in [0.2, 0.25) is 0 Å². The van der Waals surface area contributed by atoms with E-state index in [4.69, 9.17) is 4.52 Å². The molecule has 1 aromatic heterocycles. The van der Waals surface area contributed by atoms with Crippen molar-refractivity contribution in [3.05, 3.63) is 17.5 Å². The SMILES string of the molecule is Cc1oncc1CC1CNC1. The maximum absolute atomic E-state index is 4.96. The van der Waals surface area contributed by atoms with Gasteiger partial charge in [-0.25, -0.2) is 0 Å². The van der Waals surface area contributed by atoms with Crippen LogP contribution in [0.5, 0.6) is 0 Å². The zero-order valence-corrected chi connectivity index (χ0v) is 6.63. The number of aryl methyl sites for hydroxylation is 1. The van der Waals surface area contributed by atoms with Crippen LogP contribution in [0, 0.1) is 12.8 Å². The summed E-state index contributed by atoms with van der Waals surface area (Å²) < 4.78 is 4.96. The van der Waals surface area contributed by atoms with Crippen LogP contribution in [0.15, 0.2) is 10.7 Å². The van der Waals surface area contributed by atoms with Gasteiger partial charge in [0, 0.05) is 5.56 Å². The van der Waals surface area contributed by atoms with E-state index in [2.05, 4.69) is 10.5 Å². The fourth-order valence-corrected chi connectivity index (χ4v) is 1.32. The summed E-state index contributed by atoms with van der Waals surface area (Å²) in [5.41, 5.74) is 1.26. The molecule has 0 amide bonds. The van der Waals surface area contributed by atoms with E-state index in [-0.39, 0.29) is 0 Å². The van der Waals surface area contributed by atoms with E-state index < -0.39 is 0 Å². The van der Waals surface area contributed by atoms with Crippen molar-refractivity contribution in [1.29, 1.82) is 0 Å². The van der Waals surface area contributed by atoms with Gasteiger partial charge in [-0.15, -0.1) is 0 Å². The molecule has 0 aromatic carbocycles. The normalized spacial score (nSPS) is 18.3. The van der Waals surface area contributed by atoms with Gasteiger partial charge in [0.25, 0.3) is 0 Å². The first-order chi connectivity index (χ1) is 5.36. The van der Waals surface area contributed by atoms with E-state index >= 15 is 0 Å². The lowest BCUT2D eigenvalue weighted by molar-refractivity contribution is 0.343. The average Bonchev–Trinajstić information content (AvgIpc) is 2.27. The number of aromatic nitrogens is 1. The van der Waals surface area contributed by atoms with Gasteiger partial charge in [-0.1, -0.05) is 5.16 Å². The Morgan fingerprint density at radius 2 is 2.55 bits per heavy atom. The van der Waals surface area contributed by atoms with Crippen LogP contribution in [0.2, 0.25) is 0 Å². The monoisotopic (exact) mass is 152 g/mol. The Bertz CT molecular complexity index is 240. The Balaban J connectivity index is 1.99. The molecule has 1 saturated heterocycles. The van der Waals surface area contributed by atoms with Gasteiger partial charge in [-0.2, -0.15) is 0 Å². The average molecular weight is 152 g/mol. The molecule has 3 heteroatoms. The predicted molar refractivity (Wildman–Crippen MR) is 41.3 cm³/mol. The number of hydrogen-bond acceptors (Lipinski definition) is 3.